The summed E-state index contributed by atoms with van der Waals surface area (Å²) in [7, 11) is -2.62. The van der Waals surface area contributed by atoms with Crippen LogP contribution in [0.2, 0.25) is 5.02 Å². The van der Waals surface area contributed by atoms with Crippen LogP contribution in [0.5, 0.6) is 5.75 Å². The lowest BCUT2D eigenvalue weighted by Crippen LogP contribution is -2.30. The van der Waals surface area contributed by atoms with Crippen molar-refractivity contribution in [1.29, 1.82) is 0 Å². The molecule has 1 heterocycles. The van der Waals surface area contributed by atoms with Gasteiger partial charge in [0.15, 0.2) is 11.6 Å². The fourth-order valence-corrected chi connectivity index (χ4v) is 5.32. The number of hydrogen-bond acceptors (Lipinski definition) is 8. The largest absolute Gasteiger partial charge is 0.486 e. The van der Waals surface area contributed by atoms with Gasteiger partial charge in [0, 0.05) is 49.0 Å². The monoisotopic (exact) mass is 567 g/mol. The molecule has 3 aromatic rings. The average molecular weight is 568 g/mol. The molecule has 2 N–H and O–H groups in total. The Morgan fingerprint density at radius 3 is 2.61 bits per heavy atom. The van der Waals surface area contributed by atoms with Crippen molar-refractivity contribution in [1.82, 2.24) is 14.7 Å². The summed E-state index contributed by atoms with van der Waals surface area (Å²) in [6, 6.07) is 4.86. The third kappa shape index (κ3) is 6.96. The number of anilines is 2. The third-order valence-corrected chi connectivity index (χ3v) is 7.45. The van der Waals surface area contributed by atoms with E-state index in [-0.39, 0.29) is 28.2 Å². The number of rotatable bonds is 11. The Labute approximate surface area is 214 Å². The Bertz CT molecular complexity index is 1290. The molecule has 0 radical (unpaired) electrons. The van der Waals surface area contributed by atoms with E-state index >= 15 is 0 Å². The first-order chi connectivity index (χ1) is 16.9. The highest BCUT2D eigenvalue weighted by molar-refractivity contribution is 7.93. The number of sulfonamides is 1. The second-order valence-electron chi connectivity index (χ2n) is 7.47. The van der Waals surface area contributed by atoms with Crippen molar-refractivity contribution in [2.24, 2.45) is 0 Å². The minimum absolute atomic E-state index is 0.0279. The standard InChI is InChI=1S/C21H22ClF4N5O3S2/c1-3-27-6-7-31(2)17-8-14(21(24,25)26)5-4-13(17)11-34-18-9-15(22)19(10-16(18)23)36(32,33)30-20-28-12-29-35-20/h4-5,8-10,12,27H,3,6-7,11H2,1-2H3,(H,28,29,30). The van der Waals surface area contributed by atoms with Crippen molar-refractivity contribution in [3.63, 3.8) is 0 Å². The van der Waals surface area contributed by atoms with Gasteiger partial charge >= 0.3 is 6.18 Å². The number of nitrogens with one attached hydrogen (secondary N) is 2. The predicted octanol–water partition coefficient (Wildman–Crippen LogP) is 4.77. The van der Waals surface area contributed by atoms with Crippen LogP contribution in [-0.2, 0) is 22.8 Å². The fourth-order valence-electron chi connectivity index (χ4n) is 3.13. The molecule has 0 aliphatic heterocycles. The molecule has 36 heavy (non-hydrogen) atoms. The Hall–Kier alpha value is -2.68. The average Bonchev–Trinajstić information content (AvgIpc) is 3.31. The number of nitrogens with zero attached hydrogens (tertiary/aromatic N) is 3. The van der Waals surface area contributed by atoms with Gasteiger partial charge in [-0.1, -0.05) is 24.6 Å². The first-order valence-electron chi connectivity index (χ1n) is 10.5. The van der Waals surface area contributed by atoms with Gasteiger partial charge in [-0.3, -0.25) is 4.72 Å². The first kappa shape index (κ1) is 27.9. The molecule has 0 fully saturated rings. The minimum Gasteiger partial charge on any atom is -0.486 e. The van der Waals surface area contributed by atoms with Gasteiger partial charge in [0.05, 0.1) is 10.6 Å². The molecule has 15 heteroatoms. The highest BCUT2D eigenvalue weighted by Gasteiger charge is 2.31. The quantitative estimate of drug-likeness (QED) is 0.254. The Balaban J connectivity index is 1.84. The summed E-state index contributed by atoms with van der Waals surface area (Å²) in [5.74, 6) is -1.39. The lowest BCUT2D eigenvalue weighted by atomic mass is 10.1. The fraction of sp³-hybridized carbons (Fsp3) is 0.333. The van der Waals surface area contributed by atoms with E-state index in [1.165, 1.54) is 6.07 Å². The van der Waals surface area contributed by atoms with Crippen molar-refractivity contribution >= 4 is 44.0 Å². The number of ether oxygens (including phenoxy) is 1. The molecule has 1 aromatic heterocycles. The second kappa shape index (κ2) is 11.6. The maximum absolute atomic E-state index is 14.8. The predicted molar refractivity (Wildman–Crippen MR) is 130 cm³/mol. The first-order valence-corrected chi connectivity index (χ1v) is 13.1. The minimum atomic E-state index is -4.54. The molecule has 0 saturated carbocycles. The van der Waals surface area contributed by atoms with E-state index in [0.717, 1.165) is 36.1 Å². The van der Waals surface area contributed by atoms with E-state index in [2.05, 4.69) is 19.4 Å². The van der Waals surface area contributed by atoms with Crippen LogP contribution in [0.15, 0.2) is 41.6 Å². The van der Waals surface area contributed by atoms with Gasteiger partial charge in [-0.05, 0) is 24.7 Å². The summed E-state index contributed by atoms with van der Waals surface area (Å²) in [6.45, 7) is 3.27. The van der Waals surface area contributed by atoms with Crippen molar-refractivity contribution in [2.45, 2.75) is 24.6 Å². The number of hydrogen-bond donors (Lipinski definition) is 2. The second-order valence-corrected chi connectivity index (χ2v) is 10.3. The van der Waals surface area contributed by atoms with E-state index in [4.69, 9.17) is 16.3 Å². The summed E-state index contributed by atoms with van der Waals surface area (Å²) in [4.78, 5) is 4.80. The molecule has 0 spiro atoms. The lowest BCUT2D eigenvalue weighted by Gasteiger charge is -2.24. The van der Waals surface area contributed by atoms with Crippen molar-refractivity contribution < 1.29 is 30.7 Å². The Kier molecular flexibility index (Phi) is 8.98. The molecule has 0 atom stereocenters. The third-order valence-electron chi connectivity index (χ3n) is 4.94. The zero-order valence-electron chi connectivity index (χ0n) is 19.1. The maximum Gasteiger partial charge on any atom is 0.416 e. The van der Waals surface area contributed by atoms with Gasteiger partial charge in [0.2, 0.25) is 5.13 Å². The summed E-state index contributed by atoms with van der Waals surface area (Å²) < 4.78 is 91.0. The van der Waals surface area contributed by atoms with Gasteiger partial charge < -0.3 is 15.0 Å². The van der Waals surface area contributed by atoms with Crippen LogP contribution in [-0.4, -0.2) is 44.5 Å². The van der Waals surface area contributed by atoms with Crippen molar-refractivity contribution in [3.05, 3.63) is 58.6 Å². The maximum atomic E-state index is 14.8. The summed E-state index contributed by atoms with van der Waals surface area (Å²) in [5.41, 5.74) is -0.204. The number of benzene rings is 2. The van der Waals surface area contributed by atoms with Gasteiger partial charge in [-0.25, -0.2) is 17.8 Å². The van der Waals surface area contributed by atoms with E-state index in [1.807, 2.05) is 6.92 Å². The van der Waals surface area contributed by atoms with Crippen molar-refractivity contribution in [3.8, 4) is 5.75 Å². The Morgan fingerprint density at radius 1 is 1.22 bits per heavy atom. The van der Waals surface area contributed by atoms with Crippen LogP contribution in [0.3, 0.4) is 0 Å². The van der Waals surface area contributed by atoms with E-state index in [9.17, 15) is 26.0 Å². The summed E-state index contributed by atoms with van der Waals surface area (Å²) in [6.07, 6.45) is -3.39. The van der Waals surface area contributed by atoms with Crippen LogP contribution in [0, 0.1) is 5.82 Å². The molecular weight excluding hydrogens is 546 g/mol. The zero-order valence-corrected chi connectivity index (χ0v) is 21.5. The number of halogens is 5. The summed E-state index contributed by atoms with van der Waals surface area (Å²) >= 11 is 6.88. The Morgan fingerprint density at radius 2 is 1.97 bits per heavy atom. The molecule has 0 unspecified atom stereocenters. The van der Waals surface area contributed by atoms with Crippen LogP contribution < -0.4 is 19.7 Å². The highest BCUT2D eigenvalue weighted by Crippen LogP contribution is 2.35. The molecular formula is C21H22ClF4N5O3S2. The number of likely N-dealkylation sites (N-methyl/N-ethyl adjacent to an activating group) is 2. The van der Waals surface area contributed by atoms with E-state index in [0.29, 0.717) is 31.3 Å². The molecule has 0 bridgehead atoms. The normalized spacial score (nSPS) is 12.0. The number of alkyl halides is 3. The SMILES string of the molecule is CCNCCN(C)c1cc(C(F)(F)F)ccc1COc1cc(Cl)c(S(=O)(=O)Nc2ncns2)cc1F. The van der Waals surface area contributed by atoms with Crippen LogP contribution in [0.4, 0.5) is 28.4 Å². The molecule has 0 amide bonds. The lowest BCUT2D eigenvalue weighted by molar-refractivity contribution is -0.137. The molecule has 196 valence electrons. The van der Waals surface area contributed by atoms with Crippen molar-refractivity contribution in [2.75, 3.05) is 36.3 Å². The highest BCUT2D eigenvalue weighted by atomic mass is 35.5. The molecule has 2 aromatic carbocycles. The van der Waals surface area contributed by atoms with Gasteiger partial charge in [0.25, 0.3) is 10.0 Å². The molecule has 0 aliphatic carbocycles. The van der Waals surface area contributed by atoms with Crippen LogP contribution in [0.25, 0.3) is 0 Å². The smallest absolute Gasteiger partial charge is 0.416 e. The van der Waals surface area contributed by atoms with Gasteiger partial charge in [0.1, 0.15) is 17.8 Å². The van der Waals surface area contributed by atoms with E-state index < -0.39 is 32.5 Å². The molecule has 0 aliphatic rings. The zero-order chi connectivity index (χ0) is 26.5. The van der Waals surface area contributed by atoms with Crippen LogP contribution in [0.1, 0.15) is 18.1 Å². The van der Waals surface area contributed by atoms with E-state index in [1.54, 1.807) is 11.9 Å². The topological polar surface area (TPSA) is 96.5 Å². The van der Waals surface area contributed by atoms with Gasteiger partial charge in [-0.15, -0.1) is 0 Å². The molecule has 8 nitrogen and oxygen atoms in total. The van der Waals surface area contributed by atoms with Crippen LogP contribution >= 0.6 is 23.1 Å². The molecule has 0 saturated heterocycles. The van der Waals surface area contributed by atoms with Gasteiger partial charge in [-0.2, -0.15) is 17.5 Å². The number of aromatic nitrogens is 2. The molecule has 3 rings (SSSR count). The summed E-state index contributed by atoms with van der Waals surface area (Å²) in [5, 5.41) is 2.75.